The fraction of sp³-hybridized carbons (Fsp3) is 0.308. The number of carbonyl (C=O) groups is 3. The first kappa shape index (κ1) is 16.4. The van der Waals surface area contributed by atoms with Gasteiger partial charge in [-0.15, -0.1) is 0 Å². The van der Waals surface area contributed by atoms with Gasteiger partial charge in [0.05, 0.1) is 12.7 Å². The highest BCUT2D eigenvalue weighted by Crippen LogP contribution is 2.18. The minimum atomic E-state index is -1.34. The molecule has 0 aliphatic carbocycles. The van der Waals surface area contributed by atoms with Crippen molar-refractivity contribution in [1.29, 1.82) is 0 Å². The Morgan fingerprint density at radius 3 is 2.57 bits per heavy atom. The van der Waals surface area contributed by atoms with Crippen molar-refractivity contribution < 1.29 is 33.7 Å². The number of methoxy groups -OCH3 is 1. The fourth-order valence-electron chi connectivity index (χ4n) is 1.55. The lowest BCUT2D eigenvalue weighted by Gasteiger charge is -2.14. The van der Waals surface area contributed by atoms with E-state index in [0.717, 1.165) is 25.3 Å². The minimum absolute atomic E-state index is 0.171. The summed E-state index contributed by atoms with van der Waals surface area (Å²) < 4.78 is 17.2. The minimum Gasteiger partial charge on any atom is -0.507 e. The van der Waals surface area contributed by atoms with Gasteiger partial charge in [0.1, 0.15) is 17.6 Å². The zero-order valence-electron chi connectivity index (χ0n) is 11.1. The highest BCUT2D eigenvalue weighted by Gasteiger charge is 2.23. The number of halogens is 1. The molecule has 114 valence electrons. The summed E-state index contributed by atoms with van der Waals surface area (Å²) >= 11 is 0. The molecule has 1 aromatic rings. The molecule has 0 unspecified atom stereocenters. The standard InChI is InChI=1S/C13H14FNO6/c1-21-11(17)5-4-9(13(19)20)15-12(18)8-3-2-7(14)6-10(8)16/h2-3,6,9,16H,4-5H2,1H3,(H,15,18)(H,19,20)/t9-/m0/s1. The number of hydrogen-bond acceptors (Lipinski definition) is 5. The molecule has 1 amide bonds. The van der Waals surface area contributed by atoms with Crippen LogP contribution in [0.25, 0.3) is 0 Å². The lowest BCUT2D eigenvalue weighted by Crippen LogP contribution is -2.41. The molecule has 3 N–H and O–H groups in total. The molecule has 0 heterocycles. The number of carboxylic acids is 1. The lowest BCUT2D eigenvalue weighted by atomic mass is 10.1. The van der Waals surface area contributed by atoms with Gasteiger partial charge in [-0.3, -0.25) is 9.59 Å². The normalized spacial score (nSPS) is 11.5. The van der Waals surface area contributed by atoms with Gasteiger partial charge >= 0.3 is 11.9 Å². The predicted molar refractivity (Wildman–Crippen MR) is 68.2 cm³/mol. The van der Waals surface area contributed by atoms with Gasteiger partial charge in [-0.05, 0) is 18.6 Å². The van der Waals surface area contributed by atoms with Crippen LogP contribution in [-0.4, -0.2) is 41.2 Å². The third kappa shape index (κ3) is 4.75. The van der Waals surface area contributed by atoms with E-state index in [-0.39, 0.29) is 18.4 Å². The number of carbonyl (C=O) groups excluding carboxylic acids is 2. The smallest absolute Gasteiger partial charge is 0.326 e. The van der Waals surface area contributed by atoms with Crippen LogP contribution < -0.4 is 5.32 Å². The molecular formula is C13H14FNO6. The van der Waals surface area contributed by atoms with E-state index < -0.39 is 35.5 Å². The van der Waals surface area contributed by atoms with Crippen molar-refractivity contribution in [1.82, 2.24) is 5.32 Å². The molecule has 1 aromatic carbocycles. The zero-order valence-corrected chi connectivity index (χ0v) is 11.1. The van der Waals surface area contributed by atoms with E-state index in [1.165, 1.54) is 0 Å². The molecule has 8 heteroatoms. The largest absolute Gasteiger partial charge is 0.507 e. The molecular weight excluding hydrogens is 285 g/mol. The first-order valence-corrected chi connectivity index (χ1v) is 5.94. The van der Waals surface area contributed by atoms with E-state index in [1.807, 2.05) is 0 Å². The summed E-state index contributed by atoms with van der Waals surface area (Å²) in [5.41, 5.74) is -0.263. The molecule has 0 bridgehead atoms. The summed E-state index contributed by atoms with van der Waals surface area (Å²) in [5, 5.41) is 20.6. The van der Waals surface area contributed by atoms with Gasteiger partial charge in [-0.1, -0.05) is 0 Å². The number of ether oxygens (including phenoxy) is 1. The maximum absolute atomic E-state index is 12.8. The topological polar surface area (TPSA) is 113 Å². The van der Waals surface area contributed by atoms with Gasteiger partial charge < -0.3 is 20.3 Å². The number of phenols is 1. The fourth-order valence-corrected chi connectivity index (χ4v) is 1.55. The first-order valence-electron chi connectivity index (χ1n) is 5.94. The van der Waals surface area contributed by atoms with E-state index in [0.29, 0.717) is 0 Å². The van der Waals surface area contributed by atoms with Crippen LogP contribution in [0.1, 0.15) is 23.2 Å². The Balaban J connectivity index is 2.76. The Bertz CT molecular complexity index is 560. The molecule has 0 spiro atoms. The van der Waals surface area contributed by atoms with Crippen molar-refractivity contribution in [3.63, 3.8) is 0 Å². The highest BCUT2D eigenvalue weighted by molar-refractivity contribution is 5.98. The zero-order chi connectivity index (χ0) is 16.0. The Morgan fingerprint density at radius 2 is 2.05 bits per heavy atom. The van der Waals surface area contributed by atoms with Gasteiger partial charge in [-0.2, -0.15) is 0 Å². The van der Waals surface area contributed by atoms with Crippen LogP contribution in [0.15, 0.2) is 18.2 Å². The third-order valence-corrected chi connectivity index (χ3v) is 2.67. The van der Waals surface area contributed by atoms with E-state index in [9.17, 15) is 23.9 Å². The first-order chi connectivity index (χ1) is 9.85. The molecule has 0 aliphatic rings. The molecule has 1 rings (SSSR count). The molecule has 0 radical (unpaired) electrons. The summed E-state index contributed by atoms with van der Waals surface area (Å²) in [5.74, 6) is -4.17. The number of esters is 1. The van der Waals surface area contributed by atoms with Crippen LogP contribution in [-0.2, 0) is 14.3 Å². The van der Waals surface area contributed by atoms with Crippen LogP contribution in [0.5, 0.6) is 5.75 Å². The van der Waals surface area contributed by atoms with E-state index >= 15 is 0 Å². The number of rotatable bonds is 6. The van der Waals surface area contributed by atoms with Crippen molar-refractivity contribution in [3.8, 4) is 5.75 Å². The number of benzene rings is 1. The number of amides is 1. The molecule has 21 heavy (non-hydrogen) atoms. The molecule has 0 aliphatic heterocycles. The maximum Gasteiger partial charge on any atom is 0.326 e. The van der Waals surface area contributed by atoms with Crippen LogP contribution in [0, 0.1) is 5.82 Å². The van der Waals surface area contributed by atoms with Gasteiger partial charge in [-0.25, -0.2) is 9.18 Å². The SMILES string of the molecule is COC(=O)CC[C@H](NC(=O)c1ccc(F)cc1O)C(=O)O. The van der Waals surface area contributed by atoms with E-state index in [1.54, 1.807) is 0 Å². The van der Waals surface area contributed by atoms with Crippen LogP contribution in [0.3, 0.4) is 0 Å². The Hall–Kier alpha value is -2.64. The van der Waals surface area contributed by atoms with Crippen LogP contribution in [0.2, 0.25) is 0 Å². The molecule has 7 nitrogen and oxygen atoms in total. The van der Waals surface area contributed by atoms with Gasteiger partial charge in [0.25, 0.3) is 5.91 Å². The number of aromatic hydroxyl groups is 1. The second kappa shape index (κ2) is 7.22. The van der Waals surface area contributed by atoms with Crippen molar-refractivity contribution in [2.45, 2.75) is 18.9 Å². The van der Waals surface area contributed by atoms with Gasteiger partial charge in [0.2, 0.25) is 0 Å². The number of aliphatic carboxylic acids is 1. The molecule has 0 fully saturated rings. The Morgan fingerprint density at radius 1 is 1.38 bits per heavy atom. The Labute approximate surface area is 119 Å². The second-order valence-corrected chi connectivity index (χ2v) is 4.14. The summed E-state index contributed by atoms with van der Waals surface area (Å²) in [7, 11) is 1.16. The summed E-state index contributed by atoms with van der Waals surface area (Å²) in [6.45, 7) is 0. The molecule has 0 saturated heterocycles. The van der Waals surface area contributed by atoms with Crippen molar-refractivity contribution >= 4 is 17.8 Å². The van der Waals surface area contributed by atoms with E-state index in [4.69, 9.17) is 5.11 Å². The number of nitrogens with one attached hydrogen (secondary N) is 1. The highest BCUT2D eigenvalue weighted by atomic mass is 19.1. The Kier molecular flexibility index (Phi) is 5.65. The second-order valence-electron chi connectivity index (χ2n) is 4.14. The lowest BCUT2D eigenvalue weighted by molar-refractivity contribution is -0.142. The maximum atomic E-state index is 12.8. The number of phenolic OH excluding ortho intramolecular Hbond substituents is 1. The van der Waals surface area contributed by atoms with Gasteiger partial charge in [0, 0.05) is 12.5 Å². The van der Waals surface area contributed by atoms with Crippen LogP contribution in [0.4, 0.5) is 4.39 Å². The molecule has 1 atom stereocenters. The van der Waals surface area contributed by atoms with Crippen molar-refractivity contribution in [3.05, 3.63) is 29.6 Å². The van der Waals surface area contributed by atoms with Crippen molar-refractivity contribution in [2.75, 3.05) is 7.11 Å². The number of carboxylic acid groups (broad SMARTS) is 1. The predicted octanol–water partition coefficient (Wildman–Crippen LogP) is 0.667. The summed E-state index contributed by atoms with van der Waals surface area (Å²) in [6, 6.07) is 1.39. The average Bonchev–Trinajstić information content (AvgIpc) is 2.42. The molecule has 0 aromatic heterocycles. The monoisotopic (exact) mass is 299 g/mol. The number of hydrogen-bond donors (Lipinski definition) is 3. The van der Waals surface area contributed by atoms with Gasteiger partial charge in [0.15, 0.2) is 0 Å². The summed E-state index contributed by atoms with van der Waals surface area (Å²) in [6.07, 6.45) is -0.362. The van der Waals surface area contributed by atoms with Crippen LogP contribution >= 0.6 is 0 Å². The van der Waals surface area contributed by atoms with Crippen molar-refractivity contribution in [2.24, 2.45) is 0 Å². The van der Waals surface area contributed by atoms with E-state index in [2.05, 4.69) is 10.1 Å². The third-order valence-electron chi connectivity index (χ3n) is 2.67. The average molecular weight is 299 g/mol. The quantitative estimate of drug-likeness (QED) is 0.665. The summed E-state index contributed by atoms with van der Waals surface area (Å²) in [4.78, 5) is 33.8. The molecule has 0 saturated carbocycles.